The molecule has 0 atom stereocenters. The van der Waals surface area contributed by atoms with Gasteiger partial charge in [0.15, 0.2) is 0 Å². The molecule has 0 aliphatic carbocycles. The highest BCUT2D eigenvalue weighted by Crippen LogP contribution is 2.35. The number of hydrogen-bond acceptors (Lipinski definition) is 1. The van der Waals surface area contributed by atoms with Crippen molar-refractivity contribution in [3.63, 3.8) is 0 Å². The van der Waals surface area contributed by atoms with Gasteiger partial charge >= 0.3 is 0 Å². The van der Waals surface area contributed by atoms with Gasteiger partial charge in [-0.05, 0) is 44.9 Å². The van der Waals surface area contributed by atoms with E-state index in [0.717, 1.165) is 38.5 Å². The molecule has 0 rings (SSSR count). The second-order valence-corrected chi connectivity index (χ2v) is 8.13. The maximum Gasteiger partial charge on any atom is 0.223 e. The van der Waals surface area contributed by atoms with Crippen LogP contribution in [-0.2, 0) is 4.79 Å². The van der Waals surface area contributed by atoms with E-state index in [-0.39, 0.29) is 11.3 Å². The van der Waals surface area contributed by atoms with E-state index in [0.29, 0.717) is 0 Å². The summed E-state index contributed by atoms with van der Waals surface area (Å²) in [5, 5.41) is 0. The molecule has 0 radical (unpaired) electrons. The van der Waals surface area contributed by atoms with Gasteiger partial charge in [-0.2, -0.15) is 0 Å². The molecule has 2 nitrogen and oxygen atoms in total. The zero-order valence-electron chi connectivity index (χ0n) is 18.2. The highest BCUT2D eigenvalue weighted by atomic mass is 16.1. The van der Waals surface area contributed by atoms with E-state index in [1.54, 1.807) is 0 Å². The van der Waals surface area contributed by atoms with Crippen molar-refractivity contribution in [3.05, 3.63) is 12.2 Å². The summed E-state index contributed by atoms with van der Waals surface area (Å²) in [4.78, 5) is 12.0. The third-order valence-corrected chi connectivity index (χ3v) is 5.65. The van der Waals surface area contributed by atoms with Gasteiger partial charge in [-0.3, -0.25) is 4.79 Å². The van der Waals surface area contributed by atoms with Gasteiger partial charge < -0.3 is 5.73 Å². The van der Waals surface area contributed by atoms with Crippen molar-refractivity contribution in [1.82, 2.24) is 0 Å². The topological polar surface area (TPSA) is 43.1 Å². The molecule has 0 aliphatic rings. The molecule has 0 aliphatic heterocycles. The third kappa shape index (κ3) is 12.5. The molecule has 0 spiro atoms. The number of nitrogens with two attached hydrogens (primary N) is 1. The third-order valence-electron chi connectivity index (χ3n) is 5.65. The lowest BCUT2D eigenvalue weighted by Gasteiger charge is -2.30. The molecular formula is C24H47NO. The lowest BCUT2D eigenvalue weighted by atomic mass is 9.74. The molecule has 26 heavy (non-hydrogen) atoms. The Hall–Kier alpha value is -0.790. The van der Waals surface area contributed by atoms with Gasteiger partial charge in [0.2, 0.25) is 5.91 Å². The molecule has 0 unspecified atom stereocenters. The Labute approximate surface area is 164 Å². The van der Waals surface area contributed by atoms with Crippen LogP contribution >= 0.6 is 0 Å². The van der Waals surface area contributed by atoms with Crippen LogP contribution in [0.25, 0.3) is 0 Å². The van der Waals surface area contributed by atoms with Crippen LogP contribution < -0.4 is 5.73 Å². The van der Waals surface area contributed by atoms with Crippen LogP contribution in [0, 0.1) is 5.41 Å². The predicted molar refractivity (Wildman–Crippen MR) is 116 cm³/mol. The molecule has 0 heterocycles. The molecule has 1 amide bonds. The number of rotatable bonds is 19. The van der Waals surface area contributed by atoms with E-state index in [1.807, 2.05) is 0 Å². The SMILES string of the molecule is CCCCCCCC/C=C\CCCCCCC(CCC)(CCC)C(N)=O. The van der Waals surface area contributed by atoms with Crippen LogP contribution in [0.3, 0.4) is 0 Å². The highest BCUT2D eigenvalue weighted by molar-refractivity contribution is 5.80. The highest BCUT2D eigenvalue weighted by Gasteiger charge is 2.33. The first-order chi connectivity index (χ1) is 12.6. The minimum atomic E-state index is -0.236. The van der Waals surface area contributed by atoms with E-state index in [1.165, 1.54) is 70.6 Å². The van der Waals surface area contributed by atoms with E-state index >= 15 is 0 Å². The van der Waals surface area contributed by atoms with E-state index in [4.69, 9.17) is 5.73 Å². The van der Waals surface area contributed by atoms with Gasteiger partial charge in [0, 0.05) is 5.41 Å². The van der Waals surface area contributed by atoms with Crippen molar-refractivity contribution in [2.75, 3.05) is 0 Å². The summed E-state index contributed by atoms with van der Waals surface area (Å²) in [5.74, 6) is -0.0705. The largest absolute Gasteiger partial charge is 0.369 e. The number of amides is 1. The first-order valence-electron chi connectivity index (χ1n) is 11.6. The van der Waals surface area contributed by atoms with Gasteiger partial charge in [-0.25, -0.2) is 0 Å². The Morgan fingerprint density at radius 2 is 1.12 bits per heavy atom. The number of allylic oxidation sites excluding steroid dienone is 2. The fraction of sp³-hybridized carbons (Fsp3) is 0.875. The fourth-order valence-corrected chi connectivity index (χ4v) is 4.06. The number of primary amides is 1. The zero-order chi connectivity index (χ0) is 19.5. The van der Waals surface area contributed by atoms with Crippen molar-refractivity contribution < 1.29 is 4.79 Å². The molecule has 0 saturated heterocycles. The summed E-state index contributed by atoms with van der Waals surface area (Å²) in [6.45, 7) is 6.59. The fourth-order valence-electron chi connectivity index (χ4n) is 4.06. The maximum atomic E-state index is 12.0. The summed E-state index contributed by atoms with van der Waals surface area (Å²) in [6.07, 6.45) is 25.4. The van der Waals surface area contributed by atoms with E-state index in [9.17, 15) is 4.79 Å². The minimum Gasteiger partial charge on any atom is -0.369 e. The van der Waals surface area contributed by atoms with Crippen LogP contribution in [0.5, 0.6) is 0 Å². The maximum absolute atomic E-state index is 12.0. The number of carbonyl (C=O) groups excluding carboxylic acids is 1. The number of hydrogen-bond donors (Lipinski definition) is 1. The van der Waals surface area contributed by atoms with Crippen molar-refractivity contribution in [3.8, 4) is 0 Å². The lowest BCUT2D eigenvalue weighted by Crippen LogP contribution is -2.37. The van der Waals surface area contributed by atoms with Crippen molar-refractivity contribution in [1.29, 1.82) is 0 Å². The molecule has 0 saturated carbocycles. The average Bonchev–Trinajstić information content (AvgIpc) is 2.62. The molecule has 0 fully saturated rings. The molecule has 0 aromatic heterocycles. The molecule has 154 valence electrons. The monoisotopic (exact) mass is 365 g/mol. The number of carbonyl (C=O) groups is 1. The summed E-state index contributed by atoms with van der Waals surface area (Å²) < 4.78 is 0. The van der Waals surface area contributed by atoms with E-state index in [2.05, 4.69) is 32.9 Å². The Morgan fingerprint density at radius 1 is 0.654 bits per heavy atom. The quantitative estimate of drug-likeness (QED) is 0.185. The van der Waals surface area contributed by atoms with Gasteiger partial charge in [0.25, 0.3) is 0 Å². The molecule has 0 aromatic rings. The molecule has 0 aromatic carbocycles. The van der Waals surface area contributed by atoms with Crippen LogP contribution in [-0.4, -0.2) is 5.91 Å². The Kier molecular flexibility index (Phi) is 17.1. The van der Waals surface area contributed by atoms with E-state index < -0.39 is 0 Å². The van der Waals surface area contributed by atoms with Crippen LogP contribution in [0.1, 0.15) is 130 Å². The van der Waals surface area contributed by atoms with Gasteiger partial charge in [-0.1, -0.05) is 97.1 Å². The molecule has 2 heteroatoms. The number of unbranched alkanes of at least 4 members (excludes halogenated alkanes) is 10. The molecule has 2 N–H and O–H groups in total. The first kappa shape index (κ1) is 25.2. The summed E-state index contributed by atoms with van der Waals surface area (Å²) in [7, 11) is 0. The predicted octanol–water partition coefficient (Wildman–Crippen LogP) is 7.71. The van der Waals surface area contributed by atoms with Gasteiger partial charge in [-0.15, -0.1) is 0 Å². The molecule has 0 bridgehead atoms. The Balaban J connectivity index is 3.69. The molecular weight excluding hydrogens is 318 g/mol. The smallest absolute Gasteiger partial charge is 0.223 e. The normalized spacial score (nSPS) is 12.1. The Bertz CT molecular complexity index is 342. The van der Waals surface area contributed by atoms with Crippen LogP contribution in [0.15, 0.2) is 12.2 Å². The van der Waals surface area contributed by atoms with Crippen molar-refractivity contribution >= 4 is 5.91 Å². The van der Waals surface area contributed by atoms with Gasteiger partial charge in [0.05, 0.1) is 0 Å². The first-order valence-corrected chi connectivity index (χ1v) is 11.6. The summed E-state index contributed by atoms with van der Waals surface area (Å²) in [6, 6.07) is 0. The van der Waals surface area contributed by atoms with Crippen LogP contribution in [0.4, 0.5) is 0 Å². The minimum absolute atomic E-state index is 0.0705. The van der Waals surface area contributed by atoms with Crippen molar-refractivity contribution in [2.24, 2.45) is 11.1 Å². The standard InChI is InChI=1S/C24H47NO/c1-4-7-8-9-10-11-12-13-14-15-16-17-18-19-22-24(20-5-2,21-6-3)23(25)26/h13-14H,4-12,15-22H2,1-3H3,(H2,25,26)/b14-13-. The zero-order valence-corrected chi connectivity index (χ0v) is 18.2. The summed E-state index contributed by atoms with van der Waals surface area (Å²) in [5.41, 5.74) is 5.51. The lowest BCUT2D eigenvalue weighted by molar-refractivity contribution is -0.129. The average molecular weight is 366 g/mol. The van der Waals surface area contributed by atoms with Crippen LogP contribution in [0.2, 0.25) is 0 Å². The second kappa shape index (κ2) is 17.6. The second-order valence-electron chi connectivity index (χ2n) is 8.13. The summed E-state index contributed by atoms with van der Waals surface area (Å²) >= 11 is 0. The Morgan fingerprint density at radius 3 is 1.58 bits per heavy atom. The van der Waals surface area contributed by atoms with Crippen molar-refractivity contribution in [2.45, 2.75) is 130 Å². The van der Waals surface area contributed by atoms with Gasteiger partial charge in [0.1, 0.15) is 0 Å².